The van der Waals surface area contributed by atoms with Crippen LogP contribution in [-0.2, 0) is 0 Å². The van der Waals surface area contributed by atoms with Gasteiger partial charge >= 0.3 is 0 Å². The van der Waals surface area contributed by atoms with E-state index in [-0.39, 0.29) is 17.7 Å². The van der Waals surface area contributed by atoms with Crippen molar-refractivity contribution in [2.24, 2.45) is 21.5 Å². The van der Waals surface area contributed by atoms with Crippen molar-refractivity contribution in [1.29, 1.82) is 0 Å². The van der Waals surface area contributed by atoms with E-state index in [2.05, 4.69) is 9.98 Å². The molecule has 1 aliphatic carbocycles. The average molecular weight is 305 g/mol. The summed E-state index contributed by atoms with van der Waals surface area (Å²) < 4.78 is 18.7. The van der Waals surface area contributed by atoms with E-state index in [0.29, 0.717) is 5.69 Å². The Morgan fingerprint density at radius 2 is 1.95 bits per heavy atom. The highest BCUT2D eigenvalue weighted by molar-refractivity contribution is 6.05. The molecule has 1 saturated carbocycles. The standard InChI is InChI=1S/C15H20FN5O/c1-22-12-9-10(5-6-11(12)16)21-14(18)19-13(17)20-15(21)7-3-2-4-8-15/h5-6,9H,2-4,7-8H2,1H3,(H4,17,18,19,20). The van der Waals surface area contributed by atoms with Gasteiger partial charge in [-0.1, -0.05) is 6.42 Å². The topological polar surface area (TPSA) is 89.2 Å². The number of guanidine groups is 2. The molecule has 1 fully saturated rings. The third-order valence-corrected chi connectivity index (χ3v) is 4.24. The second kappa shape index (κ2) is 5.47. The van der Waals surface area contributed by atoms with Crippen LogP contribution in [0.3, 0.4) is 0 Å². The Kier molecular flexibility index (Phi) is 3.64. The smallest absolute Gasteiger partial charge is 0.220 e. The molecule has 0 unspecified atom stereocenters. The molecule has 0 aromatic heterocycles. The van der Waals surface area contributed by atoms with Gasteiger partial charge in [0.15, 0.2) is 11.6 Å². The quantitative estimate of drug-likeness (QED) is 0.874. The fraction of sp³-hybridized carbons (Fsp3) is 0.467. The Labute approximate surface area is 128 Å². The minimum atomic E-state index is -0.531. The first-order valence-electron chi connectivity index (χ1n) is 7.39. The van der Waals surface area contributed by atoms with Gasteiger partial charge in [0.25, 0.3) is 0 Å². The number of hydrogen-bond acceptors (Lipinski definition) is 6. The number of hydrogen-bond donors (Lipinski definition) is 2. The molecule has 118 valence electrons. The van der Waals surface area contributed by atoms with E-state index >= 15 is 0 Å². The van der Waals surface area contributed by atoms with Gasteiger partial charge in [-0.2, -0.15) is 4.99 Å². The second-order valence-corrected chi connectivity index (χ2v) is 5.64. The first-order chi connectivity index (χ1) is 10.6. The van der Waals surface area contributed by atoms with E-state index in [4.69, 9.17) is 16.2 Å². The van der Waals surface area contributed by atoms with Gasteiger partial charge in [-0.05, 0) is 37.8 Å². The molecule has 1 aromatic carbocycles. The summed E-state index contributed by atoms with van der Waals surface area (Å²) in [5.74, 6) is 0.228. The number of rotatable bonds is 2. The summed E-state index contributed by atoms with van der Waals surface area (Å²) in [6, 6.07) is 4.64. The minimum absolute atomic E-state index is 0.166. The lowest BCUT2D eigenvalue weighted by molar-refractivity contribution is 0.305. The summed E-state index contributed by atoms with van der Waals surface area (Å²) in [4.78, 5) is 10.5. The van der Waals surface area contributed by atoms with Gasteiger partial charge in [-0.15, -0.1) is 0 Å². The molecule has 0 bridgehead atoms. The molecule has 1 heterocycles. The van der Waals surface area contributed by atoms with Crippen molar-refractivity contribution in [2.45, 2.75) is 37.8 Å². The molecule has 1 aliphatic heterocycles. The predicted octanol–water partition coefficient (Wildman–Crippen LogP) is 1.94. The van der Waals surface area contributed by atoms with Crippen LogP contribution in [0.5, 0.6) is 5.75 Å². The normalized spacial score (nSPS) is 20.5. The maximum atomic E-state index is 13.7. The number of benzene rings is 1. The zero-order valence-electron chi connectivity index (χ0n) is 12.6. The van der Waals surface area contributed by atoms with Gasteiger partial charge in [0.2, 0.25) is 11.9 Å². The van der Waals surface area contributed by atoms with E-state index in [1.165, 1.54) is 13.2 Å². The molecule has 22 heavy (non-hydrogen) atoms. The summed E-state index contributed by atoms with van der Waals surface area (Å²) in [5.41, 5.74) is 12.1. The van der Waals surface area contributed by atoms with E-state index in [1.807, 2.05) is 4.90 Å². The molecule has 4 N–H and O–H groups in total. The van der Waals surface area contributed by atoms with Crippen LogP contribution in [0.25, 0.3) is 0 Å². The third kappa shape index (κ3) is 2.36. The van der Waals surface area contributed by atoms with Crippen LogP contribution < -0.4 is 21.1 Å². The maximum Gasteiger partial charge on any atom is 0.220 e. The van der Waals surface area contributed by atoms with Crippen LogP contribution in [0, 0.1) is 5.82 Å². The molecule has 6 nitrogen and oxygen atoms in total. The third-order valence-electron chi connectivity index (χ3n) is 4.24. The van der Waals surface area contributed by atoms with Gasteiger partial charge in [0.05, 0.1) is 12.8 Å². The van der Waals surface area contributed by atoms with Crippen LogP contribution >= 0.6 is 0 Å². The van der Waals surface area contributed by atoms with Crippen molar-refractivity contribution < 1.29 is 9.13 Å². The van der Waals surface area contributed by atoms with Crippen LogP contribution in [0.4, 0.5) is 10.1 Å². The number of methoxy groups -OCH3 is 1. The number of halogens is 1. The number of anilines is 1. The largest absolute Gasteiger partial charge is 0.494 e. The van der Waals surface area contributed by atoms with Gasteiger partial charge in [0, 0.05) is 6.07 Å². The molecule has 2 aliphatic rings. The van der Waals surface area contributed by atoms with Crippen LogP contribution in [0.1, 0.15) is 32.1 Å². The highest BCUT2D eigenvalue weighted by Gasteiger charge is 2.42. The first-order valence-corrected chi connectivity index (χ1v) is 7.39. The molecule has 0 amide bonds. The van der Waals surface area contributed by atoms with Crippen molar-refractivity contribution in [3.05, 3.63) is 24.0 Å². The van der Waals surface area contributed by atoms with E-state index in [1.54, 1.807) is 12.1 Å². The minimum Gasteiger partial charge on any atom is -0.494 e. The summed E-state index contributed by atoms with van der Waals surface area (Å²) >= 11 is 0. The zero-order chi connectivity index (χ0) is 15.7. The van der Waals surface area contributed by atoms with Gasteiger partial charge in [-0.3, -0.25) is 4.90 Å². The Morgan fingerprint density at radius 3 is 2.64 bits per heavy atom. The van der Waals surface area contributed by atoms with Gasteiger partial charge < -0.3 is 16.2 Å². The SMILES string of the molecule is COc1cc(N2C(N)=NC(N)=NC23CCCCC3)ccc1F. The summed E-state index contributed by atoms with van der Waals surface area (Å²) in [7, 11) is 1.43. The number of ether oxygens (including phenoxy) is 1. The van der Waals surface area contributed by atoms with Crippen LogP contribution in [-0.4, -0.2) is 24.7 Å². The first kappa shape index (κ1) is 14.6. The van der Waals surface area contributed by atoms with E-state index in [0.717, 1.165) is 32.1 Å². The summed E-state index contributed by atoms with van der Waals surface area (Å²) in [5, 5.41) is 0. The zero-order valence-corrected chi connectivity index (χ0v) is 12.6. The van der Waals surface area contributed by atoms with Gasteiger partial charge in [0.1, 0.15) is 5.66 Å². The fourth-order valence-electron chi connectivity index (χ4n) is 3.28. The Balaban J connectivity index is 2.08. The highest BCUT2D eigenvalue weighted by atomic mass is 19.1. The second-order valence-electron chi connectivity index (χ2n) is 5.64. The van der Waals surface area contributed by atoms with E-state index in [9.17, 15) is 4.39 Å². The fourth-order valence-corrected chi connectivity index (χ4v) is 3.28. The summed E-state index contributed by atoms with van der Waals surface area (Å²) in [6.07, 6.45) is 4.92. The Bertz CT molecular complexity index is 637. The molecule has 1 aromatic rings. The van der Waals surface area contributed by atoms with Crippen LogP contribution in [0.15, 0.2) is 28.2 Å². The maximum absolute atomic E-state index is 13.7. The lowest BCUT2D eigenvalue weighted by atomic mass is 9.87. The van der Waals surface area contributed by atoms with E-state index < -0.39 is 11.5 Å². The molecule has 0 radical (unpaired) electrons. The Hall–Kier alpha value is -2.31. The number of nitrogens with zero attached hydrogens (tertiary/aromatic N) is 3. The van der Waals surface area contributed by atoms with Crippen molar-refractivity contribution >= 4 is 17.6 Å². The molecule has 3 rings (SSSR count). The van der Waals surface area contributed by atoms with Crippen molar-refractivity contribution in [3.8, 4) is 5.75 Å². The molecule has 1 spiro atoms. The van der Waals surface area contributed by atoms with Crippen molar-refractivity contribution in [2.75, 3.05) is 12.0 Å². The Morgan fingerprint density at radius 1 is 1.23 bits per heavy atom. The lowest BCUT2D eigenvalue weighted by Crippen LogP contribution is -2.58. The average Bonchev–Trinajstić information content (AvgIpc) is 2.48. The summed E-state index contributed by atoms with van der Waals surface area (Å²) in [6.45, 7) is 0. The predicted molar refractivity (Wildman–Crippen MR) is 84.5 cm³/mol. The molecule has 0 atom stereocenters. The molecular weight excluding hydrogens is 285 g/mol. The molecule has 7 heteroatoms. The lowest BCUT2D eigenvalue weighted by Gasteiger charge is -2.45. The molecule has 0 saturated heterocycles. The molecular formula is C15H20FN5O. The van der Waals surface area contributed by atoms with Gasteiger partial charge in [-0.25, -0.2) is 9.38 Å². The van der Waals surface area contributed by atoms with Crippen LogP contribution in [0.2, 0.25) is 0 Å². The monoisotopic (exact) mass is 305 g/mol. The van der Waals surface area contributed by atoms with Crippen molar-refractivity contribution in [1.82, 2.24) is 0 Å². The number of aliphatic imine (C=N–C) groups is 2. The number of nitrogens with two attached hydrogens (primary N) is 2. The highest BCUT2D eigenvalue weighted by Crippen LogP contribution is 2.40. The van der Waals surface area contributed by atoms with Crippen molar-refractivity contribution in [3.63, 3.8) is 0 Å².